The summed E-state index contributed by atoms with van der Waals surface area (Å²) in [6.07, 6.45) is 0.493. The summed E-state index contributed by atoms with van der Waals surface area (Å²) in [5.74, 6) is 5.93. The van der Waals surface area contributed by atoms with E-state index >= 15 is 0 Å². The third-order valence-electron chi connectivity index (χ3n) is 3.27. The standard InChI is InChI=1S/C15H20N2O3S/c1-16-15(19)14-10-20-7-5-17(14)9-13-8-12(11-21-13)4-2-3-6-18/h8,11,14,18H,3,5-7,9-10H2,1H3,(H,16,19). The summed E-state index contributed by atoms with van der Waals surface area (Å²) >= 11 is 1.64. The molecule has 0 saturated carbocycles. The van der Waals surface area contributed by atoms with Gasteiger partial charge >= 0.3 is 0 Å². The maximum atomic E-state index is 11.9. The first-order chi connectivity index (χ1) is 10.2. The molecule has 0 aliphatic carbocycles. The SMILES string of the molecule is CNC(=O)C1COCCN1Cc1cc(C#CCCO)cs1. The lowest BCUT2D eigenvalue weighted by Crippen LogP contribution is -2.52. The van der Waals surface area contributed by atoms with Gasteiger partial charge in [0.1, 0.15) is 6.04 Å². The van der Waals surface area contributed by atoms with Crippen molar-refractivity contribution in [3.63, 3.8) is 0 Å². The lowest BCUT2D eigenvalue weighted by Gasteiger charge is -2.33. The van der Waals surface area contributed by atoms with E-state index in [-0.39, 0.29) is 18.6 Å². The van der Waals surface area contributed by atoms with Gasteiger partial charge in [0.2, 0.25) is 5.91 Å². The van der Waals surface area contributed by atoms with Crippen molar-refractivity contribution in [1.82, 2.24) is 10.2 Å². The van der Waals surface area contributed by atoms with Gasteiger partial charge in [0.15, 0.2) is 0 Å². The molecule has 1 aromatic rings. The molecule has 21 heavy (non-hydrogen) atoms. The molecule has 2 N–H and O–H groups in total. The van der Waals surface area contributed by atoms with Crippen LogP contribution in [0, 0.1) is 11.8 Å². The van der Waals surface area contributed by atoms with Crippen molar-refractivity contribution in [1.29, 1.82) is 0 Å². The summed E-state index contributed by atoms with van der Waals surface area (Å²) < 4.78 is 5.40. The number of nitrogens with zero attached hydrogens (tertiary/aromatic N) is 1. The highest BCUT2D eigenvalue weighted by atomic mass is 32.1. The molecule has 5 nitrogen and oxygen atoms in total. The molecular formula is C15H20N2O3S. The molecule has 114 valence electrons. The molecule has 1 unspecified atom stereocenters. The molecular weight excluding hydrogens is 288 g/mol. The fraction of sp³-hybridized carbons (Fsp3) is 0.533. The minimum absolute atomic E-state index is 0.00535. The average molecular weight is 308 g/mol. The first kappa shape index (κ1) is 16.0. The molecule has 1 aliphatic heterocycles. The Morgan fingerprint density at radius 2 is 2.52 bits per heavy atom. The zero-order valence-corrected chi connectivity index (χ0v) is 12.9. The summed E-state index contributed by atoms with van der Waals surface area (Å²) in [7, 11) is 1.65. The third kappa shape index (κ3) is 4.55. The molecule has 0 bridgehead atoms. The number of carbonyl (C=O) groups excluding carboxylic acids is 1. The maximum absolute atomic E-state index is 11.9. The molecule has 1 saturated heterocycles. The number of rotatable bonds is 4. The number of thiophene rings is 1. The van der Waals surface area contributed by atoms with Crippen LogP contribution in [0.4, 0.5) is 0 Å². The van der Waals surface area contributed by atoms with Crippen LogP contribution in [0.3, 0.4) is 0 Å². The van der Waals surface area contributed by atoms with E-state index in [1.165, 1.54) is 4.88 Å². The molecule has 1 amide bonds. The van der Waals surface area contributed by atoms with E-state index in [1.807, 2.05) is 11.4 Å². The predicted octanol–water partition coefficient (Wildman–Crippen LogP) is 0.429. The third-order valence-corrected chi connectivity index (χ3v) is 4.19. The van der Waals surface area contributed by atoms with Crippen LogP contribution in [0.25, 0.3) is 0 Å². The normalized spacial score (nSPS) is 18.9. The van der Waals surface area contributed by atoms with Gasteiger partial charge in [-0.15, -0.1) is 11.3 Å². The summed E-state index contributed by atoms with van der Waals surface area (Å²) in [5, 5.41) is 13.4. The van der Waals surface area contributed by atoms with Crippen LogP contribution in [0.5, 0.6) is 0 Å². The number of morpholine rings is 1. The molecule has 1 aromatic heterocycles. The summed E-state index contributed by atoms with van der Waals surface area (Å²) in [5.41, 5.74) is 0.966. The molecule has 2 rings (SSSR count). The highest BCUT2D eigenvalue weighted by molar-refractivity contribution is 7.10. The number of ether oxygens (including phenoxy) is 1. The smallest absolute Gasteiger partial charge is 0.239 e. The Morgan fingerprint density at radius 3 is 3.29 bits per heavy atom. The highest BCUT2D eigenvalue weighted by Gasteiger charge is 2.28. The molecule has 0 radical (unpaired) electrons. The molecule has 1 atom stereocenters. The second-order valence-corrected chi connectivity index (χ2v) is 5.75. The van der Waals surface area contributed by atoms with Crippen LogP contribution in [0.2, 0.25) is 0 Å². The maximum Gasteiger partial charge on any atom is 0.239 e. The topological polar surface area (TPSA) is 61.8 Å². The van der Waals surface area contributed by atoms with Crippen molar-refractivity contribution in [2.45, 2.75) is 19.0 Å². The van der Waals surface area contributed by atoms with Crippen LogP contribution in [-0.2, 0) is 16.1 Å². The number of hydrogen-bond donors (Lipinski definition) is 2. The van der Waals surface area contributed by atoms with Crippen molar-refractivity contribution < 1.29 is 14.6 Å². The van der Waals surface area contributed by atoms with Gasteiger partial charge in [0.05, 0.1) is 19.8 Å². The van der Waals surface area contributed by atoms with Gasteiger partial charge in [-0.1, -0.05) is 11.8 Å². The van der Waals surface area contributed by atoms with E-state index in [9.17, 15) is 4.79 Å². The first-order valence-corrected chi connectivity index (χ1v) is 7.83. The van der Waals surface area contributed by atoms with E-state index in [4.69, 9.17) is 9.84 Å². The fourth-order valence-electron chi connectivity index (χ4n) is 2.19. The van der Waals surface area contributed by atoms with E-state index in [1.54, 1.807) is 18.4 Å². The van der Waals surface area contributed by atoms with Crippen LogP contribution >= 0.6 is 11.3 Å². The summed E-state index contributed by atoms with van der Waals surface area (Å²) in [6.45, 7) is 2.66. The highest BCUT2D eigenvalue weighted by Crippen LogP contribution is 2.19. The zero-order valence-electron chi connectivity index (χ0n) is 12.1. The second-order valence-electron chi connectivity index (χ2n) is 4.75. The molecule has 6 heteroatoms. The van der Waals surface area contributed by atoms with Gasteiger partial charge in [0.25, 0.3) is 0 Å². The number of nitrogens with one attached hydrogen (secondary N) is 1. The van der Waals surface area contributed by atoms with Gasteiger partial charge in [-0.3, -0.25) is 9.69 Å². The van der Waals surface area contributed by atoms with Gasteiger partial charge in [-0.25, -0.2) is 0 Å². The number of carbonyl (C=O) groups is 1. The monoisotopic (exact) mass is 308 g/mol. The van der Waals surface area contributed by atoms with Crippen LogP contribution in [-0.4, -0.2) is 55.4 Å². The summed E-state index contributed by atoms with van der Waals surface area (Å²) in [4.78, 5) is 15.2. The van der Waals surface area contributed by atoms with E-state index in [0.29, 0.717) is 19.6 Å². The van der Waals surface area contributed by atoms with E-state index in [0.717, 1.165) is 18.7 Å². The number of likely N-dealkylation sites (N-methyl/N-ethyl adjacent to an activating group) is 1. The van der Waals surface area contributed by atoms with Gasteiger partial charge in [-0.2, -0.15) is 0 Å². The Bertz CT molecular complexity index is 533. The van der Waals surface area contributed by atoms with Crippen LogP contribution < -0.4 is 5.32 Å². The predicted molar refractivity (Wildman–Crippen MR) is 82.0 cm³/mol. The van der Waals surface area contributed by atoms with Crippen molar-refractivity contribution in [2.24, 2.45) is 0 Å². The van der Waals surface area contributed by atoms with Gasteiger partial charge < -0.3 is 15.2 Å². The molecule has 0 aromatic carbocycles. The van der Waals surface area contributed by atoms with Crippen LogP contribution in [0.1, 0.15) is 16.9 Å². The number of hydrogen-bond acceptors (Lipinski definition) is 5. The van der Waals surface area contributed by atoms with Crippen molar-refractivity contribution in [3.05, 3.63) is 21.9 Å². The number of amides is 1. The quantitative estimate of drug-likeness (QED) is 0.792. The lowest BCUT2D eigenvalue weighted by molar-refractivity contribution is -0.132. The molecule has 1 aliphatic rings. The van der Waals surface area contributed by atoms with Gasteiger partial charge in [0, 0.05) is 42.4 Å². The number of aliphatic hydroxyl groups is 1. The van der Waals surface area contributed by atoms with Gasteiger partial charge in [-0.05, 0) is 6.07 Å². The number of aliphatic hydroxyl groups excluding tert-OH is 1. The Labute approximate surface area is 128 Å². The second kappa shape index (κ2) is 8.15. The molecule has 0 spiro atoms. The average Bonchev–Trinajstić information content (AvgIpc) is 2.95. The minimum atomic E-state index is -0.227. The zero-order chi connectivity index (χ0) is 15.1. The Morgan fingerprint density at radius 1 is 1.67 bits per heavy atom. The fourth-order valence-corrected chi connectivity index (χ4v) is 3.03. The molecule has 1 fully saturated rings. The van der Waals surface area contributed by atoms with Crippen molar-refractivity contribution in [2.75, 3.05) is 33.4 Å². The van der Waals surface area contributed by atoms with E-state index < -0.39 is 0 Å². The summed E-state index contributed by atoms with van der Waals surface area (Å²) in [6, 6.07) is 1.82. The van der Waals surface area contributed by atoms with Crippen molar-refractivity contribution >= 4 is 17.2 Å². The van der Waals surface area contributed by atoms with Crippen LogP contribution in [0.15, 0.2) is 11.4 Å². The molecule has 2 heterocycles. The van der Waals surface area contributed by atoms with Crippen molar-refractivity contribution in [3.8, 4) is 11.8 Å². The largest absolute Gasteiger partial charge is 0.395 e. The Kier molecular flexibility index (Phi) is 6.21. The Balaban J connectivity index is 1.99. The van der Waals surface area contributed by atoms with E-state index in [2.05, 4.69) is 22.1 Å². The lowest BCUT2D eigenvalue weighted by atomic mass is 10.2. The minimum Gasteiger partial charge on any atom is -0.395 e. The Hall–Kier alpha value is -1.39. The first-order valence-electron chi connectivity index (χ1n) is 6.95.